The first-order valence-corrected chi connectivity index (χ1v) is 8.42. The van der Waals surface area contributed by atoms with Crippen molar-refractivity contribution in [3.8, 4) is 0 Å². The molecule has 1 aromatic carbocycles. The molecule has 1 aromatic heterocycles. The van der Waals surface area contributed by atoms with Crippen LogP contribution >= 0.6 is 22.9 Å². The lowest BCUT2D eigenvalue weighted by atomic mass is 10.1. The Hall–Kier alpha value is -1.36. The van der Waals surface area contributed by atoms with E-state index in [-0.39, 0.29) is 6.10 Å². The van der Waals surface area contributed by atoms with Gasteiger partial charge in [0.2, 0.25) is 0 Å². The third kappa shape index (κ3) is 5.79. The lowest BCUT2D eigenvalue weighted by molar-refractivity contribution is 0.0610. The van der Waals surface area contributed by atoms with Crippen molar-refractivity contribution in [1.29, 1.82) is 0 Å². The van der Waals surface area contributed by atoms with E-state index in [1.54, 1.807) is 0 Å². The molecule has 0 spiro atoms. The van der Waals surface area contributed by atoms with Gasteiger partial charge in [0.15, 0.2) is 0 Å². The molecule has 0 aliphatic rings. The molecule has 0 bridgehead atoms. The maximum absolute atomic E-state index is 5.99. The van der Waals surface area contributed by atoms with E-state index < -0.39 is 0 Å². The van der Waals surface area contributed by atoms with E-state index >= 15 is 0 Å². The lowest BCUT2D eigenvalue weighted by Gasteiger charge is -2.10. The standard InChI is InChI=1S/C17H21ClN2OS/c1-12-4-3-5-14(8-12)9-17(19)20-10-13(2)21-11-15-6-7-16(18)22-15/h3-8,13H,9-11H2,1-2H3,(H2,19,20). The molecular formula is C17H21ClN2OS. The average Bonchev–Trinajstić information content (AvgIpc) is 2.89. The molecule has 0 aliphatic carbocycles. The number of halogens is 1. The Bertz CT molecular complexity index is 639. The molecule has 0 amide bonds. The molecule has 1 unspecified atom stereocenters. The highest BCUT2D eigenvalue weighted by Crippen LogP contribution is 2.22. The monoisotopic (exact) mass is 336 g/mol. The first-order chi connectivity index (χ1) is 10.5. The van der Waals surface area contributed by atoms with Crippen LogP contribution in [0.2, 0.25) is 4.34 Å². The molecule has 22 heavy (non-hydrogen) atoms. The van der Waals surface area contributed by atoms with Crippen LogP contribution in [0, 0.1) is 6.92 Å². The maximum atomic E-state index is 5.99. The van der Waals surface area contributed by atoms with E-state index in [4.69, 9.17) is 22.1 Å². The molecule has 2 N–H and O–H groups in total. The number of hydrogen-bond donors (Lipinski definition) is 1. The third-order valence-corrected chi connectivity index (χ3v) is 4.36. The minimum absolute atomic E-state index is 0.0249. The van der Waals surface area contributed by atoms with Crippen LogP contribution in [-0.4, -0.2) is 18.5 Å². The summed E-state index contributed by atoms with van der Waals surface area (Å²) >= 11 is 7.43. The summed E-state index contributed by atoms with van der Waals surface area (Å²) in [5.74, 6) is 0.639. The Morgan fingerprint density at radius 3 is 2.86 bits per heavy atom. The fourth-order valence-corrected chi connectivity index (χ4v) is 3.05. The van der Waals surface area contributed by atoms with Crippen molar-refractivity contribution in [2.75, 3.05) is 6.54 Å². The number of benzene rings is 1. The van der Waals surface area contributed by atoms with Gasteiger partial charge in [-0.3, -0.25) is 4.99 Å². The number of aryl methyl sites for hydroxylation is 1. The number of hydrogen-bond acceptors (Lipinski definition) is 3. The molecule has 0 aliphatic heterocycles. The van der Waals surface area contributed by atoms with Crippen LogP contribution in [0.4, 0.5) is 0 Å². The highest BCUT2D eigenvalue weighted by atomic mass is 35.5. The predicted molar refractivity (Wildman–Crippen MR) is 95.0 cm³/mol. The number of aliphatic imine (C=N–C) groups is 1. The number of rotatable bonds is 7. The van der Waals surface area contributed by atoms with Crippen LogP contribution < -0.4 is 5.73 Å². The Kier molecular flexibility index (Phi) is 6.43. The second-order valence-electron chi connectivity index (χ2n) is 5.33. The molecule has 3 nitrogen and oxygen atoms in total. The Balaban J connectivity index is 1.77. The SMILES string of the molecule is Cc1cccc(CC(N)=NCC(C)OCc2ccc(Cl)s2)c1. The van der Waals surface area contributed by atoms with Crippen LogP contribution in [0.5, 0.6) is 0 Å². The number of nitrogens with zero attached hydrogens (tertiary/aromatic N) is 1. The first-order valence-electron chi connectivity index (χ1n) is 7.23. The van der Waals surface area contributed by atoms with Crippen molar-refractivity contribution in [3.05, 3.63) is 56.7 Å². The molecule has 5 heteroatoms. The third-order valence-electron chi connectivity index (χ3n) is 3.16. The lowest BCUT2D eigenvalue weighted by Crippen LogP contribution is -2.19. The second kappa shape index (κ2) is 8.32. The fourth-order valence-electron chi connectivity index (χ4n) is 2.04. The van der Waals surface area contributed by atoms with Gasteiger partial charge in [-0.05, 0) is 31.5 Å². The molecule has 0 radical (unpaired) electrons. The van der Waals surface area contributed by atoms with Crippen LogP contribution in [0.15, 0.2) is 41.4 Å². The van der Waals surface area contributed by atoms with Gasteiger partial charge >= 0.3 is 0 Å². The second-order valence-corrected chi connectivity index (χ2v) is 7.12. The van der Waals surface area contributed by atoms with Crippen molar-refractivity contribution in [2.45, 2.75) is 33.0 Å². The smallest absolute Gasteiger partial charge is 0.0982 e. The summed E-state index contributed by atoms with van der Waals surface area (Å²) in [4.78, 5) is 5.53. The van der Waals surface area contributed by atoms with Gasteiger partial charge in [0.1, 0.15) is 0 Å². The molecule has 0 saturated heterocycles. The number of nitrogens with two attached hydrogens (primary N) is 1. The quantitative estimate of drug-likeness (QED) is 0.608. The normalized spacial score (nSPS) is 13.3. The summed E-state index contributed by atoms with van der Waals surface area (Å²) in [7, 11) is 0. The summed E-state index contributed by atoms with van der Waals surface area (Å²) in [6, 6.07) is 12.2. The van der Waals surface area contributed by atoms with Gasteiger partial charge < -0.3 is 10.5 Å². The number of ether oxygens (including phenoxy) is 1. The van der Waals surface area contributed by atoms with Crippen molar-refractivity contribution < 1.29 is 4.74 Å². The topological polar surface area (TPSA) is 47.6 Å². The van der Waals surface area contributed by atoms with E-state index in [1.807, 2.05) is 25.1 Å². The Morgan fingerprint density at radius 2 is 2.18 bits per heavy atom. The van der Waals surface area contributed by atoms with Crippen molar-refractivity contribution in [3.63, 3.8) is 0 Å². The summed E-state index contributed by atoms with van der Waals surface area (Å²) in [6.45, 7) is 5.20. The first kappa shape index (κ1) is 17.0. The van der Waals surface area contributed by atoms with Gasteiger partial charge in [0.05, 0.1) is 29.4 Å². The molecule has 0 saturated carbocycles. The maximum Gasteiger partial charge on any atom is 0.0982 e. The minimum Gasteiger partial charge on any atom is -0.387 e. The highest BCUT2D eigenvalue weighted by Gasteiger charge is 2.05. The molecular weight excluding hydrogens is 316 g/mol. The zero-order valence-electron chi connectivity index (χ0n) is 12.9. The highest BCUT2D eigenvalue weighted by molar-refractivity contribution is 7.16. The zero-order valence-corrected chi connectivity index (χ0v) is 14.5. The molecule has 2 rings (SSSR count). The zero-order chi connectivity index (χ0) is 15.9. The summed E-state index contributed by atoms with van der Waals surface area (Å²) in [6.07, 6.45) is 0.700. The van der Waals surface area contributed by atoms with Gasteiger partial charge in [-0.15, -0.1) is 11.3 Å². The van der Waals surface area contributed by atoms with E-state index in [2.05, 4.69) is 30.1 Å². The van der Waals surface area contributed by atoms with Crippen LogP contribution in [0.3, 0.4) is 0 Å². The number of thiophene rings is 1. The summed E-state index contributed by atoms with van der Waals surface area (Å²) in [5, 5.41) is 0. The Morgan fingerprint density at radius 1 is 1.36 bits per heavy atom. The van der Waals surface area contributed by atoms with Crippen LogP contribution in [-0.2, 0) is 17.8 Å². The van der Waals surface area contributed by atoms with Gasteiger partial charge in [0.25, 0.3) is 0 Å². The summed E-state index contributed by atoms with van der Waals surface area (Å²) in [5.41, 5.74) is 8.41. The molecule has 0 fully saturated rings. The predicted octanol–water partition coefficient (Wildman–Crippen LogP) is 4.21. The van der Waals surface area contributed by atoms with Crippen molar-refractivity contribution >= 4 is 28.8 Å². The van der Waals surface area contributed by atoms with E-state index in [0.29, 0.717) is 25.4 Å². The van der Waals surface area contributed by atoms with Gasteiger partial charge in [0, 0.05) is 11.3 Å². The molecule has 118 valence electrons. The van der Waals surface area contributed by atoms with Gasteiger partial charge in [-0.2, -0.15) is 0 Å². The van der Waals surface area contributed by atoms with Crippen molar-refractivity contribution in [1.82, 2.24) is 0 Å². The van der Waals surface area contributed by atoms with Gasteiger partial charge in [-0.1, -0.05) is 41.4 Å². The Labute approximate surface area is 140 Å². The van der Waals surface area contributed by atoms with Crippen LogP contribution in [0.25, 0.3) is 0 Å². The van der Waals surface area contributed by atoms with E-state index in [0.717, 1.165) is 9.21 Å². The van der Waals surface area contributed by atoms with E-state index in [1.165, 1.54) is 22.5 Å². The fraction of sp³-hybridized carbons (Fsp3) is 0.353. The van der Waals surface area contributed by atoms with Crippen molar-refractivity contribution in [2.24, 2.45) is 10.7 Å². The largest absolute Gasteiger partial charge is 0.387 e. The minimum atomic E-state index is 0.0249. The molecule has 1 atom stereocenters. The average molecular weight is 337 g/mol. The van der Waals surface area contributed by atoms with Crippen LogP contribution in [0.1, 0.15) is 22.9 Å². The number of amidine groups is 1. The van der Waals surface area contributed by atoms with Gasteiger partial charge in [-0.25, -0.2) is 0 Å². The van der Waals surface area contributed by atoms with E-state index in [9.17, 15) is 0 Å². The summed E-state index contributed by atoms with van der Waals surface area (Å²) < 4.78 is 6.53. The molecule has 2 aromatic rings. The molecule has 1 heterocycles.